The van der Waals surface area contributed by atoms with E-state index in [0.29, 0.717) is 30.2 Å². The number of rotatable bonds is 7. The molecule has 2 rings (SSSR count). The van der Waals surface area contributed by atoms with Gasteiger partial charge >= 0.3 is 6.03 Å². The number of ether oxygens (including phenoxy) is 2. The fourth-order valence-corrected chi connectivity index (χ4v) is 2.07. The maximum Gasteiger partial charge on any atom is 0.317 e. The first-order valence-corrected chi connectivity index (χ1v) is 6.83. The molecule has 3 amide bonds. The highest BCUT2D eigenvalue weighted by Crippen LogP contribution is 2.32. The molecule has 6 N–H and O–H groups in total. The molecule has 0 atom stereocenters. The third kappa shape index (κ3) is 4.01. The number of carbonyl (C=O) groups is 2. The van der Waals surface area contributed by atoms with Crippen molar-refractivity contribution in [3.8, 4) is 17.0 Å². The van der Waals surface area contributed by atoms with Gasteiger partial charge in [-0.05, 0) is 18.2 Å². The second-order valence-corrected chi connectivity index (χ2v) is 4.66. The third-order valence-electron chi connectivity index (χ3n) is 3.05. The van der Waals surface area contributed by atoms with Crippen molar-refractivity contribution >= 4 is 17.8 Å². The van der Waals surface area contributed by atoms with Crippen molar-refractivity contribution in [2.75, 3.05) is 25.6 Å². The van der Waals surface area contributed by atoms with Gasteiger partial charge in [-0.2, -0.15) is 0 Å². The molecule has 0 unspecified atom stereocenters. The Bertz CT molecular complexity index is 711. The van der Waals surface area contributed by atoms with Gasteiger partial charge in [-0.1, -0.05) is 12.1 Å². The number of para-hydroxylation sites is 1. The van der Waals surface area contributed by atoms with Gasteiger partial charge in [0, 0.05) is 12.7 Å². The summed E-state index contributed by atoms with van der Waals surface area (Å²) in [6, 6.07) is 7.98. The lowest BCUT2D eigenvalue weighted by atomic mass is 10.1. The molecule has 0 aliphatic rings. The summed E-state index contributed by atoms with van der Waals surface area (Å²) in [6.07, 6.45) is 0. The van der Waals surface area contributed by atoms with E-state index < -0.39 is 11.9 Å². The number of H-pyrrole nitrogens is 1. The summed E-state index contributed by atoms with van der Waals surface area (Å²) in [5.74, 6) is 0.0631. The molecule has 23 heavy (non-hydrogen) atoms. The molecule has 122 valence electrons. The summed E-state index contributed by atoms with van der Waals surface area (Å²) in [6.45, 7) is 0.823. The quantitative estimate of drug-likeness (QED) is 0.573. The van der Waals surface area contributed by atoms with Gasteiger partial charge in [-0.15, -0.1) is 0 Å². The van der Waals surface area contributed by atoms with Gasteiger partial charge < -0.3 is 25.9 Å². The molecule has 0 aliphatic carbocycles. The van der Waals surface area contributed by atoms with Crippen molar-refractivity contribution in [1.29, 1.82) is 0 Å². The maximum absolute atomic E-state index is 11.5. The normalized spacial score (nSPS) is 10.3. The lowest BCUT2D eigenvalue weighted by molar-refractivity contribution is 0.100. The number of aromatic amines is 1. The zero-order chi connectivity index (χ0) is 16.8. The molecule has 1 aromatic carbocycles. The largest absolute Gasteiger partial charge is 0.490 e. The van der Waals surface area contributed by atoms with Gasteiger partial charge in [-0.3, -0.25) is 10.1 Å². The van der Waals surface area contributed by atoms with E-state index >= 15 is 0 Å². The topological polar surface area (TPSA) is 132 Å². The Morgan fingerprint density at radius 3 is 2.61 bits per heavy atom. The minimum absolute atomic E-state index is 0.130. The van der Waals surface area contributed by atoms with E-state index in [9.17, 15) is 9.59 Å². The van der Waals surface area contributed by atoms with Crippen LogP contribution in [0.15, 0.2) is 30.3 Å². The van der Waals surface area contributed by atoms with E-state index in [1.807, 2.05) is 18.2 Å². The average molecular weight is 318 g/mol. The Kier molecular flexibility index (Phi) is 5.21. The van der Waals surface area contributed by atoms with Crippen molar-refractivity contribution < 1.29 is 19.1 Å². The van der Waals surface area contributed by atoms with Crippen LogP contribution in [0, 0.1) is 0 Å². The molecule has 0 aliphatic heterocycles. The fraction of sp³-hybridized carbons (Fsp3) is 0.200. The number of anilines is 1. The Balaban J connectivity index is 2.38. The molecule has 0 bridgehead atoms. The number of benzene rings is 1. The van der Waals surface area contributed by atoms with Crippen LogP contribution in [0.2, 0.25) is 0 Å². The Hall–Kier alpha value is -3.00. The SMILES string of the molecule is COCCOc1ccccc1-c1cc(C(N)=O)c(NC(N)=O)[nH]1. The second kappa shape index (κ2) is 7.32. The van der Waals surface area contributed by atoms with Crippen LogP contribution in [0.5, 0.6) is 5.75 Å². The summed E-state index contributed by atoms with van der Waals surface area (Å²) in [7, 11) is 1.58. The highest BCUT2D eigenvalue weighted by molar-refractivity contribution is 6.03. The van der Waals surface area contributed by atoms with E-state index in [0.717, 1.165) is 0 Å². The maximum atomic E-state index is 11.5. The summed E-state index contributed by atoms with van der Waals surface area (Å²) >= 11 is 0. The number of primary amides is 2. The predicted molar refractivity (Wildman–Crippen MR) is 85.3 cm³/mol. The molecule has 1 aromatic heterocycles. The van der Waals surface area contributed by atoms with E-state index in [-0.39, 0.29) is 11.4 Å². The first-order valence-electron chi connectivity index (χ1n) is 6.83. The number of methoxy groups -OCH3 is 1. The van der Waals surface area contributed by atoms with E-state index in [1.165, 1.54) is 6.07 Å². The molecule has 1 heterocycles. The van der Waals surface area contributed by atoms with Crippen LogP contribution in [0.1, 0.15) is 10.4 Å². The Labute approximate surface area is 132 Å². The summed E-state index contributed by atoms with van der Waals surface area (Å²) in [5.41, 5.74) is 11.8. The summed E-state index contributed by atoms with van der Waals surface area (Å²) in [4.78, 5) is 25.5. The van der Waals surface area contributed by atoms with E-state index in [1.54, 1.807) is 13.2 Å². The van der Waals surface area contributed by atoms with E-state index in [4.69, 9.17) is 20.9 Å². The molecular weight excluding hydrogens is 300 g/mol. The minimum Gasteiger partial charge on any atom is -0.490 e. The molecule has 0 spiro atoms. The Morgan fingerprint density at radius 2 is 1.96 bits per heavy atom. The van der Waals surface area contributed by atoms with Crippen molar-refractivity contribution in [1.82, 2.24) is 4.98 Å². The summed E-state index contributed by atoms with van der Waals surface area (Å²) in [5, 5.41) is 2.34. The van der Waals surface area contributed by atoms with Gasteiger partial charge in [0.2, 0.25) is 0 Å². The van der Waals surface area contributed by atoms with E-state index in [2.05, 4.69) is 10.3 Å². The molecule has 8 heteroatoms. The van der Waals surface area contributed by atoms with Gasteiger partial charge in [0.25, 0.3) is 5.91 Å². The van der Waals surface area contributed by atoms with Crippen molar-refractivity contribution in [3.63, 3.8) is 0 Å². The van der Waals surface area contributed by atoms with Gasteiger partial charge in [-0.25, -0.2) is 4.79 Å². The molecule has 0 saturated carbocycles. The van der Waals surface area contributed by atoms with Crippen LogP contribution in [0.4, 0.5) is 10.6 Å². The van der Waals surface area contributed by atoms with Crippen LogP contribution >= 0.6 is 0 Å². The number of nitrogens with two attached hydrogens (primary N) is 2. The number of hydrogen-bond acceptors (Lipinski definition) is 4. The number of carbonyl (C=O) groups excluding carboxylic acids is 2. The molecule has 0 saturated heterocycles. The van der Waals surface area contributed by atoms with Crippen molar-refractivity contribution in [2.24, 2.45) is 11.5 Å². The van der Waals surface area contributed by atoms with Gasteiger partial charge in [0.05, 0.1) is 17.9 Å². The van der Waals surface area contributed by atoms with Crippen LogP contribution in [0.3, 0.4) is 0 Å². The lowest BCUT2D eigenvalue weighted by Crippen LogP contribution is -2.22. The van der Waals surface area contributed by atoms with Crippen LogP contribution in [-0.4, -0.2) is 37.2 Å². The second-order valence-electron chi connectivity index (χ2n) is 4.66. The molecule has 8 nitrogen and oxygen atoms in total. The monoisotopic (exact) mass is 318 g/mol. The highest BCUT2D eigenvalue weighted by Gasteiger charge is 2.17. The minimum atomic E-state index is -0.800. The molecule has 0 fully saturated rings. The number of hydrogen-bond donors (Lipinski definition) is 4. The number of aromatic nitrogens is 1. The average Bonchev–Trinajstić information content (AvgIpc) is 2.91. The molecular formula is C15H18N4O4. The predicted octanol–water partition coefficient (Wildman–Crippen LogP) is 1.30. The first kappa shape index (κ1) is 16.4. The molecule has 0 radical (unpaired) electrons. The smallest absolute Gasteiger partial charge is 0.317 e. The highest BCUT2D eigenvalue weighted by atomic mass is 16.5. The van der Waals surface area contributed by atoms with Gasteiger partial charge in [0.1, 0.15) is 18.2 Å². The number of nitrogens with one attached hydrogen (secondary N) is 2. The van der Waals surface area contributed by atoms with Crippen molar-refractivity contribution in [3.05, 3.63) is 35.9 Å². The zero-order valence-corrected chi connectivity index (χ0v) is 12.6. The summed E-state index contributed by atoms with van der Waals surface area (Å²) < 4.78 is 10.6. The molecule has 2 aromatic rings. The first-order chi connectivity index (χ1) is 11.0. The van der Waals surface area contributed by atoms with Crippen LogP contribution in [-0.2, 0) is 4.74 Å². The van der Waals surface area contributed by atoms with Crippen molar-refractivity contribution in [2.45, 2.75) is 0 Å². The fourth-order valence-electron chi connectivity index (χ4n) is 2.07. The Morgan fingerprint density at radius 1 is 1.22 bits per heavy atom. The van der Waals surface area contributed by atoms with Gasteiger partial charge in [0.15, 0.2) is 0 Å². The zero-order valence-electron chi connectivity index (χ0n) is 12.6. The number of urea groups is 1. The standard InChI is InChI=1S/C15H18N4O4/c1-22-6-7-23-12-5-3-2-4-9(12)11-8-10(13(16)20)14(18-11)19-15(17)21/h2-5,8,18H,6-7H2,1H3,(H2,16,20)(H3,17,19,21). The lowest BCUT2D eigenvalue weighted by Gasteiger charge is -2.10. The number of amides is 3. The van der Waals surface area contributed by atoms with Crippen LogP contribution < -0.4 is 21.5 Å². The van der Waals surface area contributed by atoms with Crippen LogP contribution in [0.25, 0.3) is 11.3 Å². The third-order valence-corrected chi connectivity index (χ3v) is 3.05.